The molecule has 1 unspecified atom stereocenters. The van der Waals surface area contributed by atoms with Crippen molar-refractivity contribution >= 4 is 24.8 Å². The van der Waals surface area contributed by atoms with Crippen molar-refractivity contribution in [3.8, 4) is 0 Å². The van der Waals surface area contributed by atoms with Gasteiger partial charge < -0.3 is 5.32 Å². The van der Waals surface area contributed by atoms with Gasteiger partial charge in [0.25, 0.3) is 0 Å². The van der Waals surface area contributed by atoms with Gasteiger partial charge in [0.05, 0.1) is 0 Å². The Kier molecular flexibility index (Phi) is 8.12. The third-order valence-corrected chi connectivity index (χ3v) is 2.36. The van der Waals surface area contributed by atoms with Crippen LogP contribution >= 0.6 is 24.8 Å². The fourth-order valence-electron chi connectivity index (χ4n) is 1.42. The molecule has 0 aromatic heterocycles. The highest BCUT2D eigenvalue weighted by molar-refractivity contribution is 5.85. The monoisotopic (exact) mass is 250 g/mol. The molecular formula is C8H18Cl2F2N2. The van der Waals surface area contributed by atoms with Gasteiger partial charge in [-0.3, -0.25) is 0 Å². The van der Waals surface area contributed by atoms with Crippen LogP contribution in [0, 0.1) is 5.92 Å². The molecule has 0 amide bonds. The van der Waals surface area contributed by atoms with Gasteiger partial charge >= 0.3 is 6.05 Å². The predicted molar refractivity (Wildman–Crippen MR) is 58.7 cm³/mol. The van der Waals surface area contributed by atoms with E-state index >= 15 is 0 Å². The van der Waals surface area contributed by atoms with Gasteiger partial charge in [0.1, 0.15) is 0 Å². The average molecular weight is 251 g/mol. The summed E-state index contributed by atoms with van der Waals surface area (Å²) in [5.41, 5.74) is 0. The Balaban J connectivity index is 0. The second-order valence-electron chi connectivity index (χ2n) is 3.58. The molecule has 1 fully saturated rings. The van der Waals surface area contributed by atoms with E-state index in [0.717, 1.165) is 31.3 Å². The van der Waals surface area contributed by atoms with Crippen LogP contribution in [-0.2, 0) is 0 Å². The number of nitrogens with one attached hydrogen (secondary N) is 1. The van der Waals surface area contributed by atoms with Crippen LogP contribution in [0.2, 0.25) is 0 Å². The molecule has 0 radical (unpaired) electrons. The van der Waals surface area contributed by atoms with E-state index in [4.69, 9.17) is 0 Å². The summed E-state index contributed by atoms with van der Waals surface area (Å²) in [5, 5.41) is 3.16. The predicted octanol–water partition coefficient (Wildman–Crippen LogP) is 1.98. The highest BCUT2D eigenvalue weighted by Crippen LogP contribution is 2.19. The fraction of sp³-hybridized carbons (Fsp3) is 1.00. The summed E-state index contributed by atoms with van der Waals surface area (Å²) >= 11 is 0. The van der Waals surface area contributed by atoms with E-state index < -0.39 is 6.05 Å². The van der Waals surface area contributed by atoms with E-state index in [9.17, 15) is 8.78 Å². The first kappa shape index (κ1) is 16.8. The lowest BCUT2D eigenvalue weighted by Gasteiger charge is -2.26. The van der Waals surface area contributed by atoms with E-state index in [0.29, 0.717) is 12.5 Å². The van der Waals surface area contributed by atoms with Crippen molar-refractivity contribution in [1.29, 1.82) is 0 Å². The molecule has 1 rings (SSSR count). The summed E-state index contributed by atoms with van der Waals surface area (Å²) in [6.07, 6.45) is 1.01. The maximum Gasteiger partial charge on any atom is 0.301 e. The lowest BCUT2D eigenvalue weighted by atomic mass is 10.1. The van der Waals surface area contributed by atoms with E-state index in [1.54, 1.807) is 0 Å². The molecular weight excluding hydrogens is 233 g/mol. The van der Waals surface area contributed by atoms with Crippen LogP contribution in [0.15, 0.2) is 0 Å². The lowest BCUT2D eigenvalue weighted by molar-refractivity contribution is -0.121. The maximum atomic E-state index is 12.7. The zero-order chi connectivity index (χ0) is 9.19. The molecule has 1 heterocycles. The third-order valence-electron chi connectivity index (χ3n) is 2.36. The molecule has 1 saturated heterocycles. The highest BCUT2D eigenvalue weighted by Gasteiger charge is 2.29. The van der Waals surface area contributed by atoms with Crippen molar-refractivity contribution < 1.29 is 8.78 Å². The van der Waals surface area contributed by atoms with Crippen LogP contribution in [0.5, 0.6) is 0 Å². The Bertz CT molecular complexity index is 147. The second-order valence-corrected chi connectivity index (χ2v) is 3.58. The molecule has 1 N–H and O–H groups in total. The number of rotatable bonds is 3. The van der Waals surface area contributed by atoms with Crippen LogP contribution in [0.25, 0.3) is 0 Å². The molecule has 1 atom stereocenters. The van der Waals surface area contributed by atoms with Crippen LogP contribution in [0.4, 0.5) is 8.78 Å². The van der Waals surface area contributed by atoms with Crippen molar-refractivity contribution in [3.63, 3.8) is 0 Å². The minimum Gasteiger partial charge on any atom is -0.316 e. The quantitative estimate of drug-likeness (QED) is 0.771. The molecule has 1 aliphatic heterocycles. The van der Waals surface area contributed by atoms with Crippen LogP contribution in [-0.4, -0.2) is 37.6 Å². The minimum absolute atomic E-state index is 0. The highest BCUT2D eigenvalue weighted by atomic mass is 35.5. The summed E-state index contributed by atoms with van der Waals surface area (Å²) < 4.78 is 25.3. The first-order valence-electron chi connectivity index (χ1n) is 4.30. The SMILES string of the molecule is CN(CC1CCNC1)C(C)(F)F.Cl.Cl. The number of alkyl halides is 2. The molecule has 0 aromatic rings. The van der Waals surface area contributed by atoms with Crippen molar-refractivity contribution in [2.24, 2.45) is 5.92 Å². The van der Waals surface area contributed by atoms with Crippen LogP contribution in [0.3, 0.4) is 0 Å². The molecule has 2 nitrogen and oxygen atoms in total. The first-order chi connectivity index (χ1) is 5.50. The van der Waals surface area contributed by atoms with E-state index in [2.05, 4.69) is 5.32 Å². The van der Waals surface area contributed by atoms with Gasteiger partial charge in [-0.2, -0.15) is 8.78 Å². The Labute approximate surface area is 96.2 Å². The summed E-state index contributed by atoms with van der Waals surface area (Å²) in [7, 11) is 1.47. The molecule has 6 heteroatoms. The van der Waals surface area contributed by atoms with Gasteiger partial charge in [-0.1, -0.05) is 0 Å². The zero-order valence-electron chi connectivity index (χ0n) is 8.43. The summed E-state index contributed by atoms with van der Waals surface area (Å²) in [5.74, 6) is 0.390. The molecule has 88 valence electrons. The molecule has 0 bridgehead atoms. The van der Waals surface area contributed by atoms with Crippen LogP contribution < -0.4 is 5.32 Å². The Hall–Kier alpha value is 0.360. The molecule has 14 heavy (non-hydrogen) atoms. The smallest absolute Gasteiger partial charge is 0.301 e. The summed E-state index contributed by atoms with van der Waals surface area (Å²) in [6, 6.07) is -2.68. The van der Waals surface area contributed by atoms with Crippen molar-refractivity contribution in [2.45, 2.75) is 19.4 Å². The van der Waals surface area contributed by atoms with E-state index in [1.165, 1.54) is 7.05 Å². The fourth-order valence-corrected chi connectivity index (χ4v) is 1.42. The van der Waals surface area contributed by atoms with Crippen LogP contribution in [0.1, 0.15) is 13.3 Å². The van der Waals surface area contributed by atoms with Gasteiger partial charge in [0.2, 0.25) is 0 Å². The molecule has 0 saturated carbocycles. The normalized spacial score (nSPS) is 21.6. The van der Waals surface area contributed by atoms with Gasteiger partial charge in [-0.05, 0) is 32.5 Å². The van der Waals surface area contributed by atoms with Gasteiger partial charge in [-0.15, -0.1) is 24.8 Å². The van der Waals surface area contributed by atoms with E-state index in [-0.39, 0.29) is 24.8 Å². The van der Waals surface area contributed by atoms with E-state index in [1.807, 2.05) is 0 Å². The van der Waals surface area contributed by atoms with Crippen molar-refractivity contribution in [1.82, 2.24) is 10.2 Å². The maximum absolute atomic E-state index is 12.7. The Morgan fingerprint density at radius 3 is 2.36 bits per heavy atom. The summed E-state index contributed by atoms with van der Waals surface area (Å²) in [6.45, 7) is 3.26. The van der Waals surface area contributed by atoms with Gasteiger partial charge in [0.15, 0.2) is 0 Å². The third kappa shape index (κ3) is 5.29. The second kappa shape index (κ2) is 6.77. The van der Waals surface area contributed by atoms with Gasteiger partial charge in [-0.25, -0.2) is 4.90 Å². The zero-order valence-corrected chi connectivity index (χ0v) is 10.1. The molecule has 1 aliphatic rings. The standard InChI is InChI=1S/C8H16F2N2.2ClH/c1-8(9,10)12(2)6-7-3-4-11-5-7;;/h7,11H,3-6H2,1-2H3;2*1H. The average Bonchev–Trinajstić information content (AvgIpc) is 2.37. The van der Waals surface area contributed by atoms with Gasteiger partial charge in [0, 0.05) is 13.5 Å². The molecule has 0 aliphatic carbocycles. The Morgan fingerprint density at radius 2 is 2.00 bits per heavy atom. The number of nitrogens with zero attached hydrogens (tertiary/aromatic N) is 1. The Morgan fingerprint density at radius 1 is 1.43 bits per heavy atom. The van der Waals surface area contributed by atoms with Crippen molar-refractivity contribution in [3.05, 3.63) is 0 Å². The number of hydrogen-bond acceptors (Lipinski definition) is 2. The number of halogens is 4. The largest absolute Gasteiger partial charge is 0.316 e. The van der Waals surface area contributed by atoms with Crippen molar-refractivity contribution in [2.75, 3.05) is 26.7 Å². The number of hydrogen-bond donors (Lipinski definition) is 1. The minimum atomic E-state index is -2.68. The molecule has 0 spiro atoms. The lowest BCUT2D eigenvalue weighted by Crippen LogP contribution is -2.39. The topological polar surface area (TPSA) is 15.3 Å². The molecule has 0 aromatic carbocycles. The summed E-state index contributed by atoms with van der Waals surface area (Å²) in [4.78, 5) is 1.12. The first-order valence-corrected chi connectivity index (χ1v) is 4.30.